The number of nitrogens with zero attached hydrogens (tertiary/aromatic N) is 2. The van der Waals surface area contributed by atoms with Gasteiger partial charge in [0.1, 0.15) is 0 Å². The minimum absolute atomic E-state index is 1.25. The summed E-state index contributed by atoms with van der Waals surface area (Å²) in [4.78, 5) is 0. The Labute approximate surface area is 197 Å². The van der Waals surface area contributed by atoms with Gasteiger partial charge in [-0.3, -0.25) is 0 Å². The van der Waals surface area contributed by atoms with Crippen molar-refractivity contribution in [2.45, 2.75) is 48.0 Å². The number of aromatic nitrogens is 2. The lowest BCUT2D eigenvalue weighted by Gasteiger charge is -2.04. The molecule has 0 unspecified atom stereocenters. The molecule has 2 nitrogen and oxygen atoms in total. The summed E-state index contributed by atoms with van der Waals surface area (Å²) in [5.74, 6) is 0. The molecule has 0 radical (unpaired) electrons. The van der Waals surface area contributed by atoms with Crippen LogP contribution in [0, 0.1) is 13.8 Å². The molecule has 0 aliphatic heterocycles. The van der Waals surface area contributed by atoms with Crippen molar-refractivity contribution in [1.82, 2.24) is 9.13 Å². The summed E-state index contributed by atoms with van der Waals surface area (Å²) in [6, 6.07) is 22.9. The smallest absolute Gasteiger partial charge is 0.0495 e. The first kappa shape index (κ1) is 22.9. The van der Waals surface area contributed by atoms with E-state index in [9.17, 15) is 0 Å². The fraction of sp³-hybridized carbons (Fsp3) is 0.290. The number of hydrogen-bond acceptors (Lipinski definition) is 0. The standard InChI is InChI=1S/C26H22N2.C3H8.C2H6/c1-15-5-7-23-19(9-15)21-11-17-14-26-22(12-18(17)13-25(21)27(23)3)20-10-16(2)6-8-24(20)28(26)4;1-3-2;1-2/h5-14H,1-4H3;3H2,1-2H3;1-2H3. The summed E-state index contributed by atoms with van der Waals surface area (Å²) in [7, 11) is 4.34. The van der Waals surface area contributed by atoms with E-state index in [0.717, 1.165) is 0 Å². The topological polar surface area (TPSA) is 9.86 Å². The Morgan fingerprint density at radius 2 is 0.848 bits per heavy atom. The van der Waals surface area contributed by atoms with Crippen molar-refractivity contribution in [1.29, 1.82) is 0 Å². The molecule has 0 saturated carbocycles. The second-order valence-corrected chi connectivity index (χ2v) is 8.95. The zero-order chi connectivity index (χ0) is 23.9. The predicted octanol–water partition coefficient (Wildman–Crippen LogP) is 9.19. The summed E-state index contributed by atoms with van der Waals surface area (Å²) in [5.41, 5.74) is 7.79. The van der Waals surface area contributed by atoms with Crippen LogP contribution in [-0.4, -0.2) is 9.13 Å². The van der Waals surface area contributed by atoms with Crippen molar-refractivity contribution in [3.8, 4) is 0 Å². The van der Waals surface area contributed by atoms with Gasteiger partial charge in [-0.15, -0.1) is 0 Å². The second kappa shape index (κ2) is 8.94. The van der Waals surface area contributed by atoms with Crippen LogP contribution in [-0.2, 0) is 14.1 Å². The molecule has 0 N–H and O–H groups in total. The molecule has 170 valence electrons. The molecule has 0 aliphatic rings. The number of benzene rings is 4. The highest BCUT2D eigenvalue weighted by molar-refractivity contribution is 6.17. The van der Waals surface area contributed by atoms with Gasteiger partial charge in [0.25, 0.3) is 0 Å². The summed E-state index contributed by atoms with van der Waals surface area (Å²) < 4.78 is 4.64. The molecular formula is C31H36N2. The van der Waals surface area contributed by atoms with Gasteiger partial charge in [0.2, 0.25) is 0 Å². The highest BCUT2D eigenvalue weighted by atomic mass is 14.9. The third-order valence-corrected chi connectivity index (χ3v) is 6.40. The van der Waals surface area contributed by atoms with Crippen LogP contribution in [0.15, 0.2) is 60.7 Å². The Kier molecular flexibility index (Phi) is 6.21. The highest BCUT2D eigenvalue weighted by Crippen LogP contribution is 2.36. The Morgan fingerprint density at radius 3 is 1.21 bits per heavy atom. The van der Waals surface area contributed by atoms with Crippen LogP contribution in [0.4, 0.5) is 0 Å². The summed E-state index contributed by atoms with van der Waals surface area (Å²) in [5, 5.41) is 7.96. The first-order chi connectivity index (χ1) is 15.9. The first-order valence-electron chi connectivity index (χ1n) is 12.2. The molecule has 33 heavy (non-hydrogen) atoms. The maximum absolute atomic E-state index is 2.37. The van der Waals surface area contributed by atoms with Crippen LogP contribution in [0.3, 0.4) is 0 Å². The van der Waals surface area contributed by atoms with Crippen molar-refractivity contribution < 1.29 is 0 Å². The largest absolute Gasteiger partial charge is 0.344 e. The van der Waals surface area contributed by atoms with Crippen LogP contribution in [0.1, 0.15) is 45.2 Å². The third-order valence-electron chi connectivity index (χ3n) is 6.40. The zero-order valence-electron chi connectivity index (χ0n) is 21.4. The summed E-state index contributed by atoms with van der Waals surface area (Å²) in [6.07, 6.45) is 1.25. The Balaban J connectivity index is 0.000000482. The Hall–Kier alpha value is -3.26. The molecule has 0 atom stereocenters. The minimum Gasteiger partial charge on any atom is -0.344 e. The first-order valence-corrected chi connectivity index (χ1v) is 12.2. The predicted molar refractivity (Wildman–Crippen MR) is 149 cm³/mol. The van der Waals surface area contributed by atoms with E-state index < -0.39 is 0 Å². The molecule has 0 bridgehead atoms. The monoisotopic (exact) mass is 436 g/mol. The Morgan fingerprint density at radius 1 is 0.515 bits per heavy atom. The molecule has 6 aromatic rings. The quantitative estimate of drug-likeness (QED) is 0.224. The molecule has 0 aliphatic carbocycles. The lowest BCUT2D eigenvalue weighted by molar-refractivity contribution is 1.01. The highest BCUT2D eigenvalue weighted by Gasteiger charge is 2.13. The van der Waals surface area contributed by atoms with E-state index in [0.29, 0.717) is 0 Å². The molecule has 0 amide bonds. The SMILES string of the molecule is CC.CCC.Cc1ccc2c(c1)c1cc3cc4c(cc3cc1n2C)c1cc(C)ccc1n4C. The lowest BCUT2D eigenvalue weighted by Crippen LogP contribution is -1.88. The van der Waals surface area contributed by atoms with Crippen molar-refractivity contribution in [2.75, 3.05) is 0 Å². The van der Waals surface area contributed by atoms with Gasteiger partial charge < -0.3 is 9.13 Å². The minimum atomic E-state index is 1.25. The zero-order valence-corrected chi connectivity index (χ0v) is 21.4. The molecule has 0 fully saturated rings. The normalized spacial score (nSPS) is 11.2. The number of fused-ring (bicyclic) bond motifs is 7. The van der Waals surface area contributed by atoms with E-state index >= 15 is 0 Å². The maximum Gasteiger partial charge on any atom is 0.0495 e. The van der Waals surface area contributed by atoms with Gasteiger partial charge in [0.05, 0.1) is 0 Å². The summed E-state index contributed by atoms with van der Waals surface area (Å²) in [6.45, 7) is 12.6. The molecule has 0 spiro atoms. The van der Waals surface area contributed by atoms with Gasteiger partial charge in [0, 0.05) is 57.7 Å². The van der Waals surface area contributed by atoms with E-state index in [1.165, 1.54) is 71.9 Å². The lowest BCUT2D eigenvalue weighted by atomic mass is 10.0. The average Bonchev–Trinajstić information content (AvgIpc) is 3.23. The average molecular weight is 437 g/mol. The fourth-order valence-electron chi connectivity index (χ4n) is 4.89. The number of hydrogen-bond donors (Lipinski definition) is 0. The molecule has 4 aromatic carbocycles. The Bertz CT molecular complexity index is 1490. The fourth-order valence-corrected chi connectivity index (χ4v) is 4.89. The van der Waals surface area contributed by atoms with Gasteiger partial charge in [-0.1, -0.05) is 57.4 Å². The van der Waals surface area contributed by atoms with Gasteiger partial charge in [-0.25, -0.2) is 0 Å². The van der Waals surface area contributed by atoms with E-state index in [-0.39, 0.29) is 0 Å². The van der Waals surface area contributed by atoms with Gasteiger partial charge >= 0.3 is 0 Å². The molecule has 2 heteroatoms. The van der Waals surface area contributed by atoms with E-state index in [1.54, 1.807) is 0 Å². The van der Waals surface area contributed by atoms with Gasteiger partial charge in [0.15, 0.2) is 0 Å². The van der Waals surface area contributed by atoms with Crippen LogP contribution < -0.4 is 0 Å². The van der Waals surface area contributed by atoms with Crippen LogP contribution >= 0.6 is 0 Å². The molecule has 6 rings (SSSR count). The van der Waals surface area contributed by atoms with Gasteiger partial charge in [-0.2, -0.15) is 0 Å². The molecule has 2 heterocycles. The molecular weight excluding hydrogens is 400 g/mol. The third kappa shape index (κ3) is 3.68. The van der Waals surface area contributed by atoms with Crippen molar-refractivity contribution in [3.05, 3.63) is 71.8 Å². The number of rotatable bonds is 0. The maximum atomic E-state index is 2.37. The summed E-state index contributed by atoms with van der Waals surface area (Å²) >= 11 is 0. The van der Waals surface area contributed by atoms with Crippen LogP contribution in [0.2, 0.25) is 0 Å². The van der Waals surface area contributed by atoms with Crippen molar-refractivity contribution in [2.24, 2.45) is 14.1 Å². The number of aryl methyl sites for hydroxylation is 4. The second-order valence-electron chi connectivity index (χ2n) is 8.95. The van der Waals surface area contributed by atoms with E-state index in [2.05, 4.69) is 112 Å². The van der Waals surface area contributed by atoms with E-state index in [4.69, 9.17) is 0 Å². The van der Waals surface area contributed by atoms with Gasteiger partial charge in [-0.05, 0) is 73.2 Å². The van der Waals surface area contributed by atoms with E-state index in [1.807, 2.05) is 13.8 Å². The van der Waals surface area contributed by atoms with Crippen molar-refractivity contribution in [3.63, 3.8) is 0 Å². The van der Waals surface area contributed by atoms with Crippen molar-refractivity contribution >= 4 is 54.4 Å². The van der Waals surface area contributed by atoms with Crippen LogP contribution in [0.5, 0.6) is 0 Å². The molecule has 0 saturated heterocycles. The van der Waals surface area contributed by atoms with Crippen LogP contribution in [0.25, 0.3) is 54.4 Å². The molecule has 2 aromatic heterocycles.